The van der Waals surface area contributed by atoms with Crippen LogP contribution in [-0.2, 0) is 65.4 Å². The van der Waals surface area contributed by atoms with Crippen molar-refractivity contribution in [3.63, 3.8) is 0 Å². The molecule has 0 fully saturated rings. The van der Waals surface area contributed by atoms with Crippen molar-refractivity contribution in [3.8, 4) is 0 Å². The molecule has 0 bridgehead atoms. The molecule has 5 atom stereocenters. The van der Waals surface area contributed by atoms with Gasteiger partial charge in [-0.15, -0.1) is 0 Å². The number of rotatable bonds is 73. The Bertz CT molecular complexity index is 1840. The fraction of sp³-hybridized carbons (Fsp3) is 0.947. The second kappa shape index (κ2) is 65.7. The SMILES string of the molecule is CCCCCCCCCCCCCCCCCCCCC(=O)O[C@H](COC(=O)CCCCCCCCCCCCCCCCC(C)C)COP(=O)(O)OC[C@@H](O)COP(=O)(O)OC[C@@H](COC(=O)CCCCCCCCC(C)C)OC(=O)CCCCCCCCCC(C)C. The Kier molecular flexibility index (Phi) is 64.3. The molecule has 0 aromatic heterocycles. The quantitative estimate of drug-likeness (QED) is 0.0222. The van der Waals surface area contributed by atoms with Gasteiger partial charge in [0.05, 0.1) is 26.4 Å². The van der Waals surface area contributed by atoms with Crippen molar-refractivity contribution in [2.45, 2.75) is 401 Å². The molecule has 3 N–H and O–H groups in total. The van der Waals surface area contributed by atoms with Crippen LogP contribution in [0.5, 0.6) is 0 Å². The van der Waals surface area contributed by atoms with Crippen molar-refractivity contribution in [1.82, 2.24) is 0 Å². The van der Waals surface area contributed by atoms with Gasteiger partial charge in [0.25, 0.3) is 0 Å². The van der Waals surface area contributed by atoms with Gasteiger partial charge in [0.1, 0.15) is 19.3 Å². The third kappa shape index (κ3) is 68.6. The number of ether oxygens (including phenoxy) is 4. The van der Waals surface area contributed by atoms with Gasteiger partial charge in [-0.3, -0.25) is 37.3 Å². The van der Waals surface area contributed by atoms with Crippen LogP contribution in [-0.4, -0.2) is 96.7 Å². The van der Waals surface area contributed by atoms with Crippen LogP contribution < -0.4 is 0 Å². The third-order valence-electron chi connectivity index (χ3n) is 17.4. The van der Waals surface area contributed by atoms with Crippen LogP contribution in [0.25, 0.3) is 0 Å². The normalized spacial score (nSPS) is 14.1. The maximum atomic E-state index is 13.1. The number of carbonyl (C=O) groups excluding carboxylic acids is 4. The van der Waals surface area contributed by atoms with Gasteiger partial charge >= 0.3 is 39.5 Å². The molecular weight excluding hydrogens is 1230 g/mol. The first kappa shape index (κ1) is 92.1. The highest BCUT2D eigenvalue weighted by molar-refractivity contribution is 7.47. The molecule has 558 valence electrons. The Hall–Kier alpha value is -1.94. The fourth-order valence-electron chi connectivity index (χ4n) is 11.4. The van der Waals surface area contributed by atoms with Crippen LogP contribution in [0.15, 0.2) is 0 Å². The largest absolute Gasteiger partial charge is 0.472 e. The minimum atomic E-state index is -4.96. The summed E-state index contributed by atoms with van der Waals surface area (Å²) in [6.45, 7) is 11.8. The monoisotopic (exact) mass is 1380 g/mol. The Morgan fingerprint density at radius 3 is 0.723 bits per heavy atom. The lowest BCUT2D eigenvalue weighted by molar-refractivity contribution is -0.161. The summed E-state index contributed by atoms with van der Waals surface area (Å²) < 4.78 is 68.4. The standard InChI is InChI=1S/C75H146O17P2/c1-8-9-10-11-12-13-14-15-16-17-18-19-24-27-30-35-44-51-58-74(79)91-70(62-85-72(77)56-49-42-34-29-26-23-21-20-22-25-28-32-39-46-53-66(2)3)64-89-93(81,82)87-60-69(76)61-88-94(83,84)90-65-71(63-86-73(78)57-50-43-38-37-41-48-55-68(6)7)92-75(80)59-52-45-36-31-33-40-47-54-67(4)5/h66-71,76H,8-65H2,1-7H3,(H,81,82)(H,83,84)/t69-,70-,71-/m1/s1. The zero-order valence-corrected chi connectivity index (χ0v) is 63.2. The molecule has 0 rings (SSSR count). The molecule has 0 spiro atoms. The molecule has 0 aromatic carbocycles. The number of aliphatic hydroxyl groups excluding tert-OH is 1. The number of phosphoric ester groups is 2. The van der Waals surface area contributed by atoms with Crippen LogP contribution in [0.3, 0.4) is 0 Å². The fourth-order valence-corrected chi connectivity index (χ4v) is 13.0. The Labute approximate surface area is 575 Å². The first-order chi connectivity index (χ1) is 45.2. The first-order valence-corrected chi connectivity index (χ1v) is 41.8. The molecule has 0 saturated heterocycles. The van der Waals surface area contributed by atoms with Crippen LogP contribution in [0.1, 0.15) is 382 Å². The summed E-state index contributed by atoms with van der Waals surface area (Å²) in [4.78, 5) is 72.7. The van der Waals surface area contributed by atoms with Gasteiger partial charge in [0.15, 0.2) is 12.2 Å². The Balaban J connectivity index is 5.21. The summed E-state index contributed by atoms with van der Waals surface area (Å²) >= 11 is 0. The van der Waals surface area contributed by atoms with Gasteiger partial charge in [0.2, 0.25) is 0 Å². The van der Waals surface area contributed by atoms with E-state index in [0.717, 1.165) is 102 Å². The maximum Gasteiger partial charge on any atom is 0.472 e. The van der Waals surface area contributed by atoms with Crippen LogP contribution in [0.4, 0.5) is 0 Å². The number of hydrogen-bond acceptors (Lipinski definition) is 15. The van der Waals surface area contributed by atoms with Crippen molar-refractivity contribution in [3.05, 3.63) is 0 Å². The van der Waals surface area contributed by atoms with E-state index >= 15 is 0 Å². The molecule has 0 aliphatic heterocycles. The summed E-state index contributed by atoms with van der Waals surface area (Å²) in [7, 11) is -9.91. The lowest BCUT2D eigenvalue weighted by atomic mass is 10.0. The minimum absolute atomic E-state index is 0.102. The van der Waals surface area contributed by atoms with E-state index in [9.17, 15) is 43.2 Å². The van der Waals surface area contributed by atoms with Gasteiger partial charge in [-0.1, -0.05) is 331 Å². The third-order valence-corrected chi connectivity index (χ3v) is 19.3. The van der Waals surface area contributed by atoms with Gasteiger partial charge < -0.3 is 33.8 Å². The zero-order valence-electron chi connectivity index (χ0n) is 61.4. The number of hydrogen-bond donors (Lipinski definition) is 3. The van der Waals surface area contributed by atoms with E-state index in [1.54, 1.807) is 0 Å². The molecule has 0 aromatic rings. The molecule has 0 saturated carbocycles. The Morgan fingerprint density at radius 1 is 0.287 bits per heavy atom. The number of carbonyl (C=O) groups is 4. The molecule has 0 radical (unpaired) electrons. The van der Waals surface area contributed by atoms with Gasteiger partial charge in [0, 0.05) is 25.7 Å². The molecule has 0 aliphatic rings. The highest BCUT2D eigenvalue weighted by Gasteiger charge is 2.30. The van der Waals surface area contributed by atoms with Crippen molar-refractivity contribution in [2.75, 3.05) is 39.6 Å². The van der Waals surface area contributed by atoms with Crippen LogP contribution >= 0.6 is 15.6 Å². The predicted octanol–water partition coefficient (Wildman–Crippen LogP) is 21.8. The smallest absolute Gasteiger partial charge is 0.462 e. The van der Waals surface area contributed by atoms with Crippen LogP contribution in [0, 0.1) is 17.8 Å². The summed E-state index contributed by atoms with van der Waals surface area (Å²) in [6, 6.07) is 0. The number of phosphoric acid groups is 2. The molecule has 17 nitrogen and oxygen atoms in total. The lowest BCUT2D eigenvalue weighted by Crippen LogP contribution is -2.30. The minimum Gasteiger partial charge on any atom is -0.462 e. The lowest BCUT2D eigenvalue weighted by Gasteiger charge is -2.21. The second-order valence-corrected chi connectivity index (χ2v) is 31.4. The highest BCUT2D eigenvalue weighted by atomic mass is 31.2. The maximum absolute atomic E-state index is 13.1. The van der Waals surface area contributed by atoms with E-state index in [1.807, 2.05) is 0 Å². The number of unbranched alkanes of at least 4 members (excludes halogenated alkanes) is 41. The predicted molar refractivity (Wildman–Crippen MR) is 381 cm³/mol. The Morgan fingerprint density at radius 2 is 0.489 bits per heavy atom. The van der Waals surface area contributed by atoms with Gasteiger partial charge in [-0.25, -0.2) is 9.13 Å². The van der Waals surface area contributed by atoms with Crippen molar-refractivity contribution in [2.24, 2.45) is 17.8 Å². The first-order valence-electron chi connectivity index (χ1n) is 38.8. The average Bonchev–Trinajstić information content (AvgIpc) is 1.36. The summed E-state index contributed by atoms with van der Waals surface area (Å²) in [5.41, 5.74) is 0. The van der Waals surface area contributed by atoms with Crippen molar-refractivity contribution in [1.29, 1.82) is 0 Å². The number of aliphatic hydroxyl groups is 1. The van der Waals surface area contributed by atoms with E-state index in [-0.39, 0.29) is 25.7 Å². The molecule has 19 heteroatoms. The summed E-state index contributed by atoms with van der Waals surface area (Å²) in [5, 5.41) is 10.6. The van der Waals surface area contributed by atoms with E-state index in [1.165, 1.54) is 186 Å². The van der Waals surface area contributed by atoms with E-state index in [4.69, 9.17) is 37.0 Å². The van der Waals surface area contributed by atoms with E-state index in [0.29, 0.717) is 37.5 Å². The summed E-state index contributed by atoms with van der Waals surface area (Å²) in [6.07, 6.45) is 51.7. The average molecular weight is 1380 g/mol. The van der Waals surface area contributed by atoms with Gasteiger partial charge in [-0.05, 0) is 43.4 Å². The van der Waals surface area contributed by atoms with E-state index < -0.39 is 97.5 Å². The van der Waals surface area contributed by atoms with Crippen LogP contribution in [0.2, 0.25) is 0 Å². The van der Waals surface area contributed by atoms with E-state index in [2.05, 4.69) is 48.5 Å². The van der Waals surface area contributed by atoms with Crippen molar-refractivity contribution >= 4 is 39.5 Å². The topological polar surface area (TPSA) is 237 Å². The zero-order chi connectivity index (χ0) is 69.4. The molecule has 94 heavy (non-hydrogen) atoms. The molecule has 0 aliphatic carbocycles. The second-order valence-electron chi connectivity index (χ2n) is 28.5. The molecule has 0 heterocycles. The summed E-state index contributed by atoms with van der Waals surface area (Å²) in [5.74, 6) is 0.0507. The molecule has 2 unspecified atom stereocenters. The highest BCUT2D eigenvalue weighted by Crippen LogP contribution is 2.45. The molecular formula is C75H146O17P2. The molecule has 0 amide bonds. The number of esters is 4. The van der Waals surface area contributed by atoms with Crippen molar-refractivity contribution < 1.29 is 80.2 Å². The van der Waals surface area contributed by atoms with Gasteiger partial charge in [-0.2, -0.15) is 0 Å².